The van der Waals surface area contributed by atoms with Crippen LogP contribution < -0.4 is 4.90 Å². The van der Waals surface area contributed by atoms with Gasteiger partial charge in [0.15, 0.2) is 0 Å². The highest BCUT2D eigenvalue weighted by atomic mass is 16.2. The van der Waals surface area contributed by atoms with Crippen LogP contribution in [0.5, 0.6) is 0 Å². The van der Waals surface area contributed by atoms with Crippen LogP contribution in [0.3, 0.4) is 0 Å². The molecule has 71 valence electrons. The average molecular weight is 181 g/mol. The minimum Gasteiger partial charge on any atom is -0.220 e. The summed E-state index contributed by atoms with van der Waals surface area (Å²) in [5.41, 5.74) is 0. The molecule has 0 aromatic carbocycles. The van der Waals surface area contributed by atoms with E-state index in [1.54, 1.807) is 0 Å². The third kappa shape index (κ3) is 2.77. The van der Waals surface area contributed by atoms with Crippen molar-refractivity contribution in [2.24, 2.45) is 0 Å². The highest BCUT2D eigenvalue weighted by Gasteiger charge is 2.35. The second kappa shape index (κ2) is 4.92. The Morgan fingerprint density at radius 3 is 2.23 bits per heavy atom. The van der Waals surface area contributed by atoms with Crippen LogP contribution in [0.25, 0.3) is 0 Å². The third-order valence-corrected chi connectivity index (χ3v) is 2.14. The summed E-state index contributed by atoms with van der Waals surface area (Å²) in [5, 5.41) is 0. The van der Waals surface area contributed by atoms with Crippen molar-refractivity contribution in [3.8, 4) is 0 Å². The first kappa shape index (κ1) is 10.1. The van der Waals surface area contributed by atoms with Gasteiger partial charge >= 0.3 is 11.8 Å². The highest BCUT2D eigenvalue weighted by Crippen LogP contribution is 2.04. The van der Waals surface area contributed by atoms with Crippen molar-refractivity contribution in [2.45, 2.75) is 32.6 Å². The van der Waals surface area contributed by atoms with Gasteiger partial charge in [0.2, 0.25) is 0 Å². The summed E-state index contributed by atoms with van der Waals surface area (Å²) in [6, 6.07) is 0. The van der Waals surface area contributed by atoms with Crippen molar-refractivity contribution in [1.29, 1.82) is 0 Å². The van der Waals surface area contributed by atoms with Gasteiger partial charge in [0.25, 0.3) is 0 Å². The van der Waals surface area contributed by atoms with Crippen LogP contribution in [0.1, 0.15) is 32.6 Å². The zero-order valence-corrected chi connectivity index (χ0v) is 7.95. The Labute approximate surface area is 78.4 Å². The second-order valence-corrected chi connectivity index (χ2v) is 3.22. The first-order valence-corrected chi connectivity index (χ1v) is 4.79. The summed E-state index contributed by atoms with van der Waals surface area (Å²) in [4.78, 5) is 23.4. The number of unbranched alkanes of at least 4 members (excludes halogenated alkanes) is 3. The zero-order chi connectivity index (χ0) is 9.68. The van der Waals surface area contributed by atoms with Gasteiger partial charge in [-0.2, -0.15) is 0 Å². The minimum atomic E-state index is -0.165. The van der Waals surface area contributed by atoms with Crippen molar-refractivity contribution < 1.29 is 9.59 Å². The van der Waals surface area contributed by atoms with E-state index in [1.807, 2.05) is 0 Å². The molecule has 1 rings (SSSR count). The predicted molar refractivity (Wildman–Crippen MR) is 50.3 cm³/mol. The van der Waals surface area contributed by atoms with Crippen LogP contribution in [0.4, 0.5) is 0 Å². The molecule has 0 N–H and O–H groups in total. The normalized spacial score (nSPS) is 17.3. The lowest BCUT2D eigenvalue weighted by atomic mass is 10.2. The maximum atomic E-state index is 11.1. The van der Waals surface area contributed by atoms with E-state index in [4.69, 9.17) is 0 Å². The molecule has 1 heterocycles. The largest absolute Gasteiger partial charge is 0.394 e. The molecule has 3 nitrogen and oxygen atoms in total. The van der Waals surface area contributed by atoms with Gasteiger partial charge in [-0.15, -0.1) is 0 Å². The van der Waals surface area contributed by atoms with Crippen LogP contribution >= 0.6 is 0 Å². The summed E-state index contributed by atoms with van der Waals surface area (Å²) in [5.74, 6) is -0.331. The maximum absolute atomic E-state index is 11.1. The lowest BCUT2D eigenvalue weighted by Gasteiger charge is -1.99. The number of carbonyl (C=O) groups is 2. The predicted octanol–water partition coefficient (Wildman–Crippen LogP) is 1.33. The fraction of sp³-hybridized carbons (Fsp3) is 0.600. The standard InChI is InChI=1S/C10H15NO2/c1-2-3-4-5-8-11-9(12)6-7-10(11)13/h6-7H,2-5,8H2,1H3/q+1. The Kier molecular flexibility index (Phi) is 3.83. The van der Waals surface area contributed by atoms with Crippen molar-refractivity contribution in [2.75, 3.05) is 6.54 Å². The molecule has 0 aliphatic carbocycles. The molecule has 1 aliphatic rings. The van der Waals surface area contributed by atoms with Gasteiger partial charge in [0, 0.05) is 6.42 Å². The monoisotopic (exact) mass is 181 g/mol. The Balaban J connectivity index is 2.22. The molecule has 13 heavy (non-hydrogen) atoms. The van der Waals surface area contributed by atoms with Gasteiger partial charge in [-0.3, -0.25) is 0 Å². The van der Waals surface area contributed by atoms with Gasteiger partial charge in [-0.25, -0.2) is 9.59 Å². The number of hydrogen-bond donors (Lipinski definition) is 0. The quantitative estimate of drug-likeness (QED) is 0.364. The number of amides is 2. The van der Waals surface area contributed by atoms with Crippen molar-refractivity contribution in [3.63, 3.8) is 0 Å². The summed E-state index contributed by atoms with van der Waals surface area (Å²) in [6.07, 6.45) is 7.02. The molecule has 0 saturated heterocycles. The van der Waals surface area contributed by atoms with Gasteiger partial charge < -0.3 is 0 Å². The van der Waals surface area contributed by atoms with Crippen LogP contribution in [-0.2, 0) is 9.59 Å². The molecule has 0 fully saturated rings. The molecule has 0 aromatic rings. The first-order valence-electron chi connectivity index (χ1n) is 4.79. The van der Waals surface area contributed by atoms with Gasteiger partial charge in [-0.05, 0) is 11.3 Å². The van der Waals surface area contributed by atoms with Crippen LogP contribution in [0, 0.1) is 0 Å². The summed E-state index contributed by atoms with van der Waals surface area (Å²) < 4.78 is 0. The van der Waals surface area contributed by atoms with Crippen LogP contribution in [0.15, 0.2) is 12.2 Å². The summed E-state index contributed by atoms with van der Waals surface area (Å²) in [6.45, 7) is 2.71. The van der Waals surface area contributed by atoms with E-state index in [0.717, 1.165) is 12.8 Å². The minimum absolute atomic E-state index is 0.165. The Bertz CT molecular complexity index is 215. The van der Waals surface area contributed by atoms with Crippen molar-refractivity contribution >= 4 is 11.8 Å². The van der Waals surface area contributed by atoms with Crippen molar-refractivity contribution in [3.05, 3.63) is 12.2 Å². The van der Waals surface area contributed by atoms with E-state index < -0.39 is 0 Å². The number of nitrogens with zero attached hydrogens (tertiary/aromatic N) is 1. The number of imide groups is 1. The molecule has 1 radical (unpaired) electrons. The van der Waals surface area contributed by atoms with Gasteiger partial charge in [0.1, 0.15) is 6.54 Å². The average Bonchev–Trinajstić information content (AvgIpc) is 2.42. The van der Waals surface area contributed by atoms with Gasteiger partial charge in [0.05, 0.1) is 12.2 Å². The molecule has 0 bridgehead atoms. The lowest BCUT2D eigenvalue weighted by molar-refractivity contribution is -0.130. The molecular formula is C10H15NO2+. The molecule has 1 aliphatic heterocycles. The van der Waals surface area contributed by atoms with Crippen molar-refractivity contribution in [1.82, 2.24) is 4.90 Å². The Hall–Kier alpha value is -0.960. The number of rotatable bonds is 5. The molecule has 0 atom stereocenters. The molecule has 0 saturated carbocycles. The smallest absolute Gasteiger partial charge is 0.220 e. The zero-order valence-electron chi connectivity index (χ0n) is 7.95. The Morgan fingerprint density at radius 1 is 1.08 bits per heavy atom. The maximum Gasteiger partial charge on any atom is 0.394 e. The molecule has 3 heteroatoms. The molecular weight excluding hydrogens is 166 g/mol. The molecule has 0 unspecified atom stereocenters. The summed E-state index contributed by atoms with van der Waals surface area (Å²) in [7, 11) is 0. The topological polar surface area (TPSA) is 40.0 Å². The number of hydrogen-bond acceptors (Lipinski definition) is 2. The van der Waals surface area contributed by atoms with E-state index in [-0.39, 0.29) is 11.8 Å². The van der Waals surface area contributed by atoms with E-state index in [1.165, 1.54) is 29.9 Å². The fourth-order valence-electron chi connectivity index (χ4n) is 1.35. The lowest BCUT2D eigenvalue weighted by Crippen LogP contribution is -2.37. The van der Waals surface area contributed by atoms with E-state index in [0.29, 0.717) is 6.54 Å². The number of carbonyl (C=O) groups excluding carboxylic acids is 2. The SMILES string of the molecule is CCCCCC[N+]1C(=O)C=CC1=O. The second-order valence-electron chi connectivity index (χ2n) is 3.22. The van der Waals surface area contributed by atoms with E-state index in [2.05, 4.69) is 6.92 Å². The fourth-order valence-corrected chi connectivity index (χ4v) is 1.35. The van der Waals surface area contributed by atoms with Crippen LogP contribution in [0.2, 0.25) is 0 Å². The molecule has 0 aromatic heterocycles. The summed E-state index contributed by atoms with van der Waals surface area (Å²) >= 11 is 0. The molecule has 2 amide bonds. The van der Waals surface area contributed by atoms with E-state index in [9.17, 15) is 9.59 Å². The molecule has 0 spiro atoms. The van der Waals surface area contributed by atoms with Crippen LogP contribution in [-0.4, -0.2) is 18.4 Å². The third-order valence-electron chi connectivity index (χ3n) is 2.14. The highest BCUT2D eigenvalue weighted by molar-refractivity contribution is 6.15. The van der Waals surface area contributed by atoms with Gasteiger partial charge in [-0.1, -0.05) is 19.8 Å². The Morgan fingerprint density at radius 2 is 1.69 bits per heavy atom. The van der Waals surface area contributed by atoms with E-state index >= 15 is 0 Å². The first-order chi connectivity index (χ1) is 6.25.